The standard InChI is InChI=1S/C14H20ClNO2/c15-12-7-6-8-13(11-12)16-10-5-3-1-2-4-9-14(17)18/h6-8,11,16H,1-5,9-10H2,(H,17,18). The number of benzene rings is 1. The van der Waals surface area contributed by atoms with Gasteiger partial charge in [0, 0.05) is 23.7 Å². The predicted molar refractivity (Wildman–Crippen MR) is 75.3 cm³/mol. The third-order valence-corrected chi connectivity index (χ3v) is 2.96. The Hall–Kier alpha value is -1.22. The zero-order valence-corrected chi connectivity index (χ0v) is 11.2. The van der Waals surface area contributed by atoms with Crippen LogP contribution >= 0.6 is 11.6 Å². The highest BCUT2D eigenvalue weighted by molar-refractivity contribution is 6.30. The molecule has 18 heavy (non-hydrogen) atoms. The second kappa shape index (κ2) is 8.81. The number of unbranched alkanes of at least 4 members (excludes halogenated alkanes) is 4. The van der Waals surface area contributed by atoms with E-state index >= 15 is 0 Å². The lowest BCUT2D eigenvalue weighted by molar-refractivity contribution is -0.137. The van der Waals surface area contributed by atoms with Crippen LogP contribution in [0.1, 0.15) is 38.5 Å². The molecule has 0 fully saturated rings. The van der Waals surface area contributed by atoms with Gasteiger partial charge in [-0.15, -0.1) is 0 Å². The smallest absolute Gasteiger partial charge is 0.303 e. The molecule has 0 heterocycles. The molecule has 0 bridgehead atoms. The highest BCUT2D eigenvalue weighted by atomic mass is 35.5. The van der Waals surface area contributed by atoms with Gasteiger partial charge in [0.25, 0.3) is 0 Å². The normalized spacial score (nSPS) is 10.3. The zero-order chi connectivity index (χ0) is 13.2. The van der Waals surface area contributed by atoms with Crippen LogP contribution < -0.4 is 5.32 Å². The number of carboxylic acids is 1. The van der Waals surface area contributed by atoms with E-state index in [1.54, 1.807) is 0 Å². The molecule has 0 atom stereocenters. The molecule has 4 heteroatoms. The van der Waals surface area contributed by atoms with Gasteiger partial charge in [0.1, 0.15) is 0 Å². The van der Waals surface area contributed by atoms with Crippen molar-refractivity contribution in [3.05, 3.63) is 29.3 Å². The quantitative estimate of drug-likeness (QED) is 0.661. The zero-order valence-electron chi connectivity index (χ0n) is 10.5. The Morgan fingerprint density at radius 3 is 2.61 bits per heavy atom. The lowest BCUT2D eigenvalue weighted by Gasteiger charge is -2.06. The van der Waals surface area contributed by atoms with Crippen LogP contribution in [0.25, 0.3) is 0 Å². The van der Waals surface area contributed by atoms with Gasteiger partial charge in [-0.3, -0.25) is 4.79 Å². The molecule has 0 aliphatic heterocycles. The van der Waals surface area contributed by atoms with Crippen molar-refractivity contribution in [2.24, 2.45) is 0 Å². The molecule has 0 unspecified atom stereocenters. The molecule has 0 aliphatic rings. The summed E-state index contributed by atoms with van der Waals surface area (Å²) in [5.41, 5.74) is 1.05. The monoisotopic (exact) mass is 269 g/mol. The molecule has 2 N–H and O–H groups in total. The maximum Gasteiger partial charge on any atom is 0.303 e. The third kappa shape index (κ3) is 7.17. The van der Waals surface area contributed by atoms with Crippen LogP contribution in [0.15, 0.2) is 24.3 Å². The van der Waals surface area contributed by atoms with Gasteiger partial charge in [-0.1, -0.05) is 36.9 Å². The van der Waals surface area contributed by atoms with Crippen LogP contribution in [0.2, 0.25) is 5.02 Å². The van der Waals surface area contributed by atoms with Crippen molar-refractivity contribution in [2.45, 2.75) is 38.5 Å². The number of hydrogen-bond acceptors (Lipinski definition) is 2. The van der Waals surface area contributed by atoms with Crippen molar-refractivity contribution in [1.29, 1.82) is 0 Å². The first-order valence-electron chi connectivity index (χ1n) is 6.40. The first-order chi connectivity index (χ1) is 8.68. The minimum atomic E-state index is -0.697. The van der Waals surface area contributed by atoms with Crippen molar-refractivity contribution in [2.75, 3.05) is 11.9 Å². The molecule has 1 aromatic rings. The summed E-state index contributed by atoms with van der Waals surface area (Å²) < 4.78 is 0. The number of halogens is 1. The van der Waals surface area contributed by atoms with Gasteiger partial charge in [0.2, 0.25) is 0 Å². The maximum atomic E-state index is 10.3. The molecule has 1 aromatic carbocycles. The predicted octanol–water partition coefficient (Wildman–Crippen LogP) is 4.18. The minimum Gasteiger partial charge on any atom is -0.481 e. The van der Waals surface area contributed by atoms with Gasteiger partial charge in [-0.05, 0) is 31.0 Å². The number of hydrogen-bond donors (Lipinski definition) is 2. The molecule has 0 saturated heterocycles. The van der Waals surface area contributed by atoms with E-state index in [1.165, 1.54) is 0 Å². The lowest BCUT2D eigenvalue weighted by atomic mass is 10.1. The number of rotatable bonds is 9. The Morgan fingerprint density at radius 1 is 1.17 bits per heavy atom. The molecular formula is C14H20ClNO2. The molecule has 1 rings (SSSR count). The van der Waals surface area contributed by atoms with E-state index < -0.39 is 5.97 Å². The highest BCUT2D eigenvalue weighted by Crippen LogP contribution is 2.15. The summed E-state index contributed by atoms with van der Waals surface area (Å²) in [6.07, 6.45) is 5.42. The van der Waals surface area contributed by atoms with Gasteiger partial charge in [-0.2, -0.15) is 0 Å². The van der Waals surface area contributed by atoms with Gasteiger partial charge in [-0.25, -0.2) is 0 Å². The van der Waals surface area contributed by atoms with Crippen LogP contribution in [0.3, 0.4) is 0 Å². The first-order valence-corrected chi connectivity index (χ1v) is 6.77. The number of carboxylic acid groups (broad SMARTS) is 1. The Morgan fingerprint density at radius 2 is 1.89 bits per heavy atom. The summed E-state index contributed by atoms with van der Waals surface area (Å²) in [5.74, 6) is -0.697. The SMILES string of the molecule is O=C(O)CCCCCCCNc1cccc(Cl)c1. The summed E-state index contributed by atoms with van der Waals surface area (Å²) in [4.78, 5) is 10.3. The first kappa shape index (κ1) is 14.8. The van der Waals surface area contributed by atoms with Crippen molar-refractivity contribution < 1.29 is 9.90 Å². The van der Waals surface area contributed by atoms with Crippen molar-refractivity contribution in [1.82, 2.24) is 0 Å². The number of carbonyl (C=O) groups is 1. The second-order valence-corrected chi connectivity index (χ2v) is 4.79. The lowest BCUT2D eigenvalue weighted by Crippen LogP contribution is -2.01. The summed E-state index contributed by atoms with van der Waals surface area (Å²) in [6.45, 7) is 0.930. The minimum absolute atomic E-state index is 0.292. The summed E-state index contributed by atoms with van der Waals surface area (Å²) in [6, 6.07) is 7.69. The average molecular weight is 270 g/mol. The molecule has 0 aromatic heterocycles. The second-order valence-electron chi connectivity index (χ2n) is 4.35. The third-order valence-electron chi connectivity index (χ3n) is 2.72. The fourth-order valence-electron chi connectivity index (χ4n) is 1.76. The molecule has 0 spiro atoms. The van der Waals surface area contributed by atoms with E-state index in [0.717, 1.165) is 49.4 Å². The molecule has 0 saturated carbocycles. The average Bonchev–Trinajstić information content (AvgIpc) is 2.32. The van der Waals surface area contributed by atoms with Gasteiger partial charge in [0.15, 0.2) is 0 Å². The molecule has 0 amide bonds. The van der Waals surface area contributed by atoms with E-state index in [2.05, 4.69) is 5.32 Å². The van der Waals surface area contributed by atoms with Crippen molar-refractivity contribution >= 4 is 23.3 Å². The van der Waals surface area contributed by atoms with Gasteiger partial charge < -0.3 is 10.4 Å². The Balaban J connectivity index is 1.97. The summed E-state index contributed by atoms with van der Waals surface area (Å²) in [5, 5.41) is 12.5. The van der Waals surface area contributed by atoms with Crippen LogP contribution in [0, 0.1) is 0 Å². The summed E-state index contributed by atoms with van der Waals surface area (Å²) >= 11 is 5.88. The van der Waals surface area contributed by atoms with Gasteiger partial charge >= 0.3 is 5.97 Å². The molecule has 3 nitrogen and oxygen atoms in total. The van der Waals surface area contributed by atoms with E-state index in [-0.39, 0.29) is 0 Å². The molecular weight excluding hydrogens is 250 g/mol. The fourth-order valence-corrected chi connectivity index (χ4v) is 1.95. The van der Waals surface area contributed by atoms with E-state index in [9.17, 15) is 4.79 Å². The largest absolute Gasteiger partial charge is 0.481 e. The number of nitrogens with one attached hydrogen (secondary N) is 1. The summed E-state index contributed by atoms with van der Waals surface area (Å²) in [7, 11) is 0. The number of anilines is 1. The Bertz CT molecular complexity index is 369. The molecule has 100 valence electrons. The highest BCUT2D eigenvalue weighted by Gasteiger charge is 1.97. The number of aliphatic carboxylic acids is 1. The van der Waals surface area contributed by atoms with Crippen molar-refractivity contribution in [3.63, 3.8) is 0 Å². The van der Waals surface area contributed by atoms with Crippen molar-refractivity contribution in [3.8, 4) is 0 Å². The van der Waals surface area contributed by atoms with Gasteiger partial charge in [0.05, 0.1) is 0 Å². The Kier molecular flexibility index (Phi) is 7.26. The van der Waals surface area contributed by atoms with Crippen LogP contribution in [0.4, 0.5) is 5.69 Å². The maximum absolute atomic E-state index is 10.3. The molecule has 0 aliphatic carbocycles. The van der Waals surface area contributed by atoms with Crippen LogP contribution in [0.5, 0.6) is 0 Å². The Labute approximate surface area is 113 Å². The topological polar surface area (TPSA) is 49.3 Å². The van der Waals surface area contributed by atoms with E-state index in [0.29, 0.717) is 6.42 Å². The van der Waals surface area contributed by atoms with Crippen LogP contribution in [-0.2, 0) is 4.79 Å². The fraction of sp³-hybridized carbons (Fsp3) is 0.500. The molecule has 0 radical (unpaired) electrons. The van der Waals surface area contributed by atoms with E-state index in [1.807, 2.05) is 24.3 Å². The van der Waals surface area contributed by atoms with Crippen LogP contribution in [-0.4, -0.2) is 17.6 Å². The van der Waals surface area contributed by atoms with E-state index in [4.69, 9.17) is 16.7 Å².